The molecule has 0 saturated carbocycles. The van der Waals surface area contributed by atoms with Crippen molar-refractivity contribution >= 4 is 38.6 Å². The maximum atomic E-state index is 9.94. The predicted molar refractivity (Wildman–Crippen MR) is 60.4 cm³/mol. The van der Waals surface area contributed by atoms with Gasteiger partial charge in [-0.15, -0.1) is 11.3 Å². The van der Waals surface area contributed by atoms with Gasteiger partial charge < -0.3 is 5.11 Å². The summed E-state index contributed by atoms with van der Waals surface area (Å²) in [5.41, 5.74) is 0.966. The van der Waals surface area contributed by atoms with Crippen molar-refractivity contribution in [2.75, 3.05) is 0 Å². The predicted octanol–water partition coefficient (Wildman–Crippen LogP) is 3.65. The van der Waals surface area contributed by atoms with E-state index in [2.05, 4.69) is 15.9 Å². The molecule has 4 heteroatoms. The van der Waals surface area contributed by atoms with E-state index in [1.165, 1.54) is 0 Å². The Kier molecular flexibility index (Phi) is 2.83. The number of aliphatic hydroxyl groups is 1. The van der Waals surface area contributed by atoms with Gasteiger partial charge in [0.1, 0.15) is 6.10 Å². The molecule has 1 N–H and O–H groups in total. The summed E-state index contributed by atoms with van der Waals surface area (Å²) < 4.78 is 0.983. The van der Waals surface area contributed by atoms with Gasteiger partial charge in [-0.2, -0.15) is 11.3 Å². The SMILES string of the molecule is OC(c1ccsc1)c1sccc1Br. The topological polar surface area (TPSA) is 20.2 Å². The molecule has 68 valence electrons. The second-order valence-corrected chi connectivity index (χ2v) is 5.17. The molecule has 0 bridgehead atoms. The van der Waals surface area contributed by atoms with Gasteiger partial charge in [0.05, 0.1) is 4.88 Å². The first-order chi connectivity index (χ1) is 6.29. The Hall–Kier alpha value is -0.160. The summed E-state index contributed by atoms with van der Waals surface area (Å²) in [4.78, 5) is 0.971. The highest BCUT2D eigenvalue weighted by Gasteiger charge is 2.14. The molecule has 0 aliphatic carbocycles. The second kappa shape index (κ2) is 3.92. The van der Waals surface area contributed by atoms with Gasteiger partial charge in [0.25, 0.3) is 0 Å². The molecule has 2 heterocycles. The lowest BCUT2D eigenvalue weighted by Gasteiger charge is -2.06. The minimum absolute atomic E-state index is 0.486. The number of hydrogen-bond acceptors (Lipinski definition) is 3. The van der Waals surface area contributed by atoms with E-state index in [0.717, 1.165) is 14.9 Å². The molecule has 0 amide bonds. The summed E-state index contributed by atoms with van der Waals surface area (Å²) >= 11 is 6.57. The average Bonchev–Trinajstić information content (AvgIpc) is 2.72. The molecule has 0 aromatic carbocycles. The molecule has 0 aliphatic rings. The van der Waals surface area contributed by atoms with E-state index in [0.29, 0.717) is 0 Å². The molecule has 2 rings (SSSR count). The van der Waals surface area contributed by atoms with Gasteiger partial charge in [0, 0.05) is 4.47 Å². The molecule has 0 spiro atoms. The van der Waals surface area contributed by atoms with Crippen LogP contribution in [-0.4, -0.2) is 5.11 Å². The van der Waals surface area contributed by atoms with Crippen LogP contribution in [-0.2, 0) is 0 Å². The van der Waals surface area contributed by atoms with Crippen molar-refractivity contribution in [1.29, 1.82) is 0 Å². The van der Waals surface area contributed by atoms with Gasteiger partial charge in [0.15, 0.2) is 0 Å². The van der Waals surface area contributed by atoms with Crippen molar-refractivity contribution in [2.24, 2.45) is 0 Å². The van der Waals surface area contributed by atoms with E-state index in [4.69, 9.17) is 0 Å². The quantitative estimate of drug-likeness (QED) is 0.887. The summed E-state index contributed by atoms with van der Waals surface area (Å²) in [6, 6.07) is 3.90. The molecule has 2 aromatic heterocycles. The van der Waals surface area contributed by atoms with Gasteiger partial charge in [0.2, 0.25) is 0 Å². The van der Waals surface area contributed by atoms with Crippen molar-refractivity contribution in [1.82, 2.24) is 0 Å². The zero-order chi connectivity index (χ0) is 9.26. The van der Waals surface area contributed by atoms with Crippen molar-refractivity contribution in [3.63, 3.8) is 0 Å². The molecule has 1 atom stereocenters. The Labute approximate surface area is 92.8 Å². The molecule has 1 unspecified atom stereocenters. The average molecular weight is 275 g/mol. The van der Waals surface area contributed by atoms with Gasteiger partial charge in [-0.25, -0.2) is 0 Å². The van der Waals surface area contributed by atoms with Crippen LogP contribution < -0.4 is 0 Å². The third kappa shape index (κ3) is 1.86. The smallest absolute Gasteiger partial charge is 0.115 e. The Morgan fingerprint density at radius 1 is 1.31 bits per heavy atom. The Bertz CT molecular complexity index is 380. The number of aliphatic hydroxyl groups excluding tert-OH is 1. The fraction of sp³-hybridized carbons (Fsp3) is 0.111. The van der Waals surface area contributed by atoms with E-state index < -0.39 is 6.10 Å². The first-order valence-corrected chi connectivity index (χ1v) is 6.33. The van der Waals surface area contributed by atoms with Crippen LogP contribution in [0.25, 0.3) is 0 Å². The van der Waals surface area contributed by atoms with E-state index >= 15 is 0 Å². The van der Waals surface area contributed by atoms with Crippen molar-refractivity contribution in [2.45, 2.75) is 6.10 Å². The van der Waals surface area contributed by atoms with Crippen LogP contribution in [0, 0.1) is 0 Å². The minimum atomic E-state index is -0.486. The minimum Gasteiger partial charge on any atom is -0.383 e. The van der Waals surface area contributed by atoms with Crippen molar-refractivity contribution < 1.29 is 5.11 Å². The maximum absolute atomic E-state index is 9.94. The number of hydrogen-bond donors (Lipinski definition) is 1. The first kappa shape index (κ1) is 9.40. The summed E-state index contributed by atoms with van der Waals surface area (Å²) in [5.74, 6) is 0. The van der Waals surface area contributed by atoms with Crippen molar-refractivity contribution in [3.05, 3.63) is 43.2 Å². The zero-order valence-corrected chi connectivity index (χ0v) is 9.82. The zero-order valence-electron chi connectivity index (χ0n) is 6.61. The lowest BCUT2D eigenvalue weighted by molar-refractivity contribution is 0.224. The fourth-order valence-corrected chi connectivity index (χ4v) is 3.36. The molecule has 0 saturated heterocycles. The third-order valence-electron chi connectivity index (χ3n) is 1.75. The second-order valence-electron chi connectivity index (χ2n) is 2.59. The number of halogens is 1. The summed E-state index contributed by atoms with van der Waals surface area (Å²) in [6.07, 6.45) is -0.486. The highest BCUT2D eigenvalue weighted by Crippen LogP contribution is 2.33. The third-order valence-corrected chi connectivity index (χ3v) is 4.38. The van der Waals surface area contributed by atoms with Crippen LogP contribution in [0.4, 0.5) is 0 Å². The van der Waals surface area contributed by atoms with E-state index in [9.17, 15) is 5.11 Å². The normalized spacial score (nSPS) is 13.1. The molecular weight excluding hydrogens is 268 g/mol. The van der Waals surface area contributed by atoms with Gasteiger partial charge in [-0.3, -0.25) is 0 Å². The van der Waals surface area contributed by atoms with Crippen LogP contribution in [0.3, 0.4) is 0 Å². The molecule has 0 fully saturated rings. The van der Waals surface area contributed by atoms with E-state index in [1.807, 2.05) is 28.3 Å². The Balaban J connectivity index is 2.33. The highest BCUT2D eigenvalue weighted by atomic mass is 79.9. The van der Waals surface area contributed by atoms with Crippen LogP contribution >= 0.6 is 38.6 Å². The number of thiophene rings is 2. The standard InChI is InChI=1S/C9H7BrOS2/c10-7-2-4-13-9(7)8(11)6-1-3-12-5-6/h1-5,8,11H. The van der Waals surface area contributed by atoms with Crippen LogP contribution in [0.2, 0.25) is 0 Å². The van der Waals surface area contributed by atoms with E-state index in [-0.39, 0.29) is 0 Å². The lowest BCUT2D eigenvalue weighted by atomic mass is 10.2. The summed E-state index contributed by atoms with van der Waals surface area (Å²) in [5, 5.41) is 15.8. The monoisotopic (exact) mass is 274 g/mol. The molecule has 0 aliphatic heterocycles. The van der Waals surface area contributed by atoms with Crippen LogP contribution in [0.15, 0.2) is 32.7 Å². The van der Waals surface area contributed by atoms with Gasteiger partial charge in [-0.1, -0.05) is 0 Å². The highest BCUT2D eigenvalue weighted by molar-refractivity contribution is 9.10. The molecule has 2 aromatic rings. The summed E-state index contributed by atoms with van der Waals surface area (Å²) in [6.45, 7) is 0. The van der Waals surface area contributed by atoms with Crippen LogP contribution in [0.1, 0.15) is 16.5 Å². The lowest BCUT2D eigenvalue weighted by Crippen LogP contribution is -1.94. The first-order valence-electron chi connectivity index (χ1n) is 3.72. The molecule has 1 nitrogen and oxygen atoms in total. The molecule has 13 heavy (non-hydrogen) atoms. The van der Waals surface area contributed by atoms with Gasteiger partial charge in [-0.05, 0) is 49.8 Å². The Morgan fingerprint density at radius 3 is 2.69 bits per heavy atom. The summed E-state index contributed by atoms with van der Waals surface area (Å²) in [7, 11) is 0. The van der Waals surface area contributed by atoms with Crippen molar-refractivity contribution in [3.8, 4) is 0 Å². The van der Waals surface area contributed by atoms with E-state index in [1.54, 1.807) is 22.7 Å². The number of rotatable bonds is 2. The van der Waals surface area contributed by atoms with Gasteiger partial charge >= 0.3 is 0 Å². The molecule has 0 radical (unpaired) electrons. The molecular formula is C9H7BrOS2. The fourth-order valence-electron chi connectivity index (χ4n) is 1.08. The largest absolute Gasteiger partial charge is 0.383 e. The van der Waals surface area contributed by atoms with Crippen LogP contribution in [0.5, 0.6) is 0 Å². The maximum Gasteiger partial charge on any atom is 0.115 e. The Morgan fingerprint density at radius 2 is 2.15 bits per heavy atom.